The maximum absolute atomic E-state index is 11.3. The Morgan fingerprint density at radius 2 is 2.28 bits per heavy atom. The summed E-state index contributed by atoms with van der Waals surface area (Å²) in [6.07, 6.45) is 3.60. The summed E-state index contributed by atoms with van der Waals surface area (Å²) in [5.41, 5.74) is 2.14. The van der Waals surface area contributed by atoms with E-state index in [1.165, 1.54) is 0 Å². The zero-order chi connectivity index (χ0) is 13.0. The minimum atomic E-state index is -0.390. The van der Waals surface area contributed by atoms with Crippen molar-refractivity contribution in [2.45, 2.75) is 37.9 Å². The van der Waals surface area contributed by atoms with Crippen LogP contribution in [0.1, 0.15) is 25.7 Å². The van der Waals surface area contributed by atoms with E-state index in [9.17, 15) is 9.90 Å². The lowest BCUT2D eigenvalue weighted by Crippen LogP contribution is -2.42. The molecule has 0 bridgehead atoms. The molecule has 6 nitrogen and oxygen atoms in total. The molecule has 0 aromatic rings. The predicted molar refractivity (Wildman–Crippen MR) is 66.5 cm³/mol. The molecule has 104 valence electrons. The van der Waals surface area contributed by atoms with Gasteiger partial charge in [0.05, 0.1) is 6.10 Å². The number of amides is 1. The largest absolute Gasteiger partial charge is 0.396 e. The number of carbonyl (C=O) groups excluding carboxylic acids is 1. The highest BCUT2D eigenvalue weighted by atomic mass is 16.5. The first kappa shape index (κ1) is 13.7. The smallest absolute Gasteiger partial charge is 0.263 e. The normalized spacial score (nSPS) is 33.6. The van der Waals surface area contributed by atoms with Gasteiger partial charge in [-0.25, -0.2) is 5.84 Å². The number of likely N-dealkylation sites (tertiary alicyclic amines) is 1. The van der Waals surface area contributed by atoms with Crippen molar-refractivity contribution in [1.29, 1.82) is 0 Å². The molecule has 2 aliphatic heterocycles. The van der Waals surface area contributed by atoms with Gasteiger partial charge in [-0.05, 0) is 38.1 Å². The van der Waals surface area contributed by atoms with E-state index in [4.69, 9.17) is 10.6 Å². The Kier molecular flexibility index (Phi) is 4.94. The van der Waals surface area contributed by atoms with Crippen molar-refractivity contribution < 1.29 is 14.6 Å². The molecule has 2 fully saturated rings. The Hall–Kier alpha value is -0.690. The van der Waals surface area contributed by atoms with Crippen molar-refractivity contribution in [2.75, 3.05) is 26.2 Å². The van der Waals surface area contributed by atoms with E-state index in [-0.39, 0.29) is 18.6 Å². The number of hydrazine groups is 1. The lowest BCUT2D eigenvalue weighted by atomic mass is 9.98. The van der Waals surface area contributed by atoms with Crippen molar-refractivity contribution in [3.05, 3.63) is 0 Å². The molecule has 0 aromatic heterocycles. The molecular weight excluding hydrogens is 234 g/mol. The molecule has 0 radical (unpaired) electrons. The van der Waals surface area contributed by atoms with Gasteiger partial charge in [-0.2, -0.15) is 0 Å². The molecule has 2 aliphatic rings. The Morgan fingerprint density at radius 3 is 3.00 bits per heavy atom. The summed E-state index contributed by atoms with van der Waals surface area (Å²) in [4.78, 5) is 13.7. The van der Waals surface area contributed by atoms with Crippen molar-refractivity contribution in [3.63, 3.8) is 0 Å². The number of nitrogens with one attached hydrogen (secondary N) is 1. The average molecular weight is 257 g/mol. The van der Waals surface area contributed by atoms with E-state index in [2.05, 4.69) is 10.3 Å². The number of nitrogens with two attached hydrogens (primary N) is 1. The summed E-state index contributed by atoms with van der Waals surface area (Å²) < 4.78 is 5.69. The second kappa shape index (κ2) is 6.47. The molecule has 1 amide bonds. The van der Waals surface area contributed by atoms with Gasteiger partial charge < -0.3 is 14.7 Å². The number of rotatable bonds is 4. The highest BCUT2D eigenvalue weighted by molar-refractivity contribution is 5.80. The van der Waals surface area contributed by atoms with Gasteiger partial charge in [0, 0.05) is 19.7 Å². The number of nitrogens with zero attached hydrogens (tertiary/aromatic N) is 1. The van der Waals surface area contributed by atoms with Crippen molar-refractivity contribution in [1.82, 2.24) is 10.3 Å². The fourth-order valence-corrected chi connectivity index (χ4v) is 2.88. The van der Waals surface area contributed by atoms with Gasteiger partial charge in [-0.3, -0.25) is 10.2 Å². The van der Waals surface area contributed by atoms with E-state index >= 15 is 0 Å². The third-order valence-corrected chi connectivity index (χ3v) is 3.87. The summed E-state index contributed by atoms with van der Waals surface area (Å²) in [5, 5.41) is 9.19. The molecule has 0 spiro atoms. The topological polar surface area (TPSA) is 87.8 Å². The molecule has 18 heavy (non-hydrogen) atoms. The third-order valence-electron chi connectivity index (χ3n) is 3.87. The van der Waals surface area contributed by atoms with E-state index in [1.807, 2.05) is 0 Å². The van der Waals surface area contributed by atoms with Crippen LogP contribution in [-0.2, 0) is 9.53 Å². The van der Waals surface area contributed by atoms with Gasteiger partial charge in [-0.15, -0.1) is 0 Å². The van der Waals surface area contributed by atoms with Crippen molar-refractivity contribution in [2.24, 2.45) is 11.8 Å². The lowest BCUT2D eigenvalue weighted by molar-refractivity contribution is -0.132. The van der Waals surface area contributed by atoms with Crippen LogP contribution in [0.25, 0.3) is 0 Å². The second-order valence-corrected chi connectivity index (χ2v) is 5.28. The van der Waals surface area contributed by atoms with Gasteiger partial charge in [0.1, 0.15) is 6.10 Å². The van der Waals surface area contributed by atoms with Crippen LogP contribution in [0.2, 0.25) is 0 Å². The van der Waals surface area contributed by atoms with E-state index in [0.29, 0.717) is 5.92 Å². The molecule has 3 atom stereocenters. The van der Waals surface area contributed by atoms with Gasteiger partial charge in [0.25, 0.3) is 5.91 Å². The summed E-state index contributed by atoms with van der Waals surface area (Å²) >= 11 is 0. The van der Waals surface area contributed by atoms with E-state index in [0.717, 1.165) is 45.3 Å². The first-order valence-corrected chi connectivity index (χ1v) is 6.72. The third kappa shape index (κ3) is 3.41. The van der Waals surface area contributed by atoms with Crippen LogP contribution in [0.4, 0.5) is 0 Å². The average Bonchev–Trinajstić information content (AvgIpc) is 2.86. The van der Waals surface area contributed by atoms with Crippen LogP contribution in [0.15, 0.2) is 0 Å². The fourth-order valence-electron chi connectivity index (χ4n) is 2.88. The Balaban J connectivity index is 1.75. The van der Waals surface area contributed by atoms with Gasteiger partial charge in [-0.1, -0.05) is 0 Å². The van der Waals surface area contributed by atoms with Crippen LogP contribution in [0.3, 0.4) is 0 Å². The minimum absolute atomic E-state index is 0.116. The van der Waals surface area contributed by atoms with Gasteiger partial charge >= 0.3 is 0 Å². The number of aliphatic hydroxyl groups is 1. The lowest BCUT2D eigenvalue weighted by Gasteiger charge is -2.33. The zero-order valence-corrected chi connectivity index (χ0v) is 10.7. The standard InChI is InChI=1S/C12H23N3O3/c13-14-12(17)11-4-3-10(18-11)7-15-5-1-2-9(6-15)8-16/h9-11,16H,1-8,13H2,(H,14,17). The van der Waals surface area contributed by atoms with Crippen LogP contribution in [0, 0.1) is 5.92 Å². The quantitative estimate of drug-likeness (QED) is 0.350. The number of piperidine rings is 1. The number of carbonyl (C=O) groups is 1. The second-order valence-electron chi connectivity index (χ2n) is 5.28. The fraction of sp³-hybridized carbons (Fsp3) is 0.917. The van der Waals surface area contributed by atoms with E-state index < -0.39 is 6.10 Å². The van der Waals surface area contributed by atoms with E-state index in [1.54, 1.807) is 0 Å². The first-order chi connectivity index (χ1) is 8.72. The van der Waals surface area contributed by atoms with Crippen LogP contribution < -0.4 is 11.3 Å². The number of hydrogen-bond acceptors (Lipinski definition) is 5. The molecule has 0 aliphatic carbocycles. The molecule has 2 heterocycles. The highest BCUT2D eigenvalue weighted by Gasteiger charge is 2.32. The van der Waals surface area contributed by atoms with Crippen molar-refractivity contribution in [3.8, 4) is 0 Å². The van der Waals surface area contributed by atoms with Gasteiger partial charge in [0.15, 0.2) is 0 Å². The maximum atomic E-state index is 11.3. The molecule has 0 saturated carbocycles. The Bertz CT molecular complexity index is 288. The van der Waals surface area contributed by atoms with Crippen molar-refractivity contribution >= 4 is 5.91 Å². The van der Waals surface area contributed by atoms with Crippen LogP contribution >= 0.6 is 0 Å². The highest BCUT2D eigenvalue weighted by Crippen LogP contribution is 2.23. The first-order valence-electron chi connectivity index (χ1n) is 6.72. The summed E-state index contributed by atoms with van der Waals surface area (Å²) in [7, 11) is 0. The number of ether oxygens (including phenoxy) is 1. The molecule has 4 N–H and O–H groups in total. The summed E-state index contributed by atoms with van der Waals surface area (Å²) in [5.74, 6) is 5.26. The summed E-state index contributed by atoms with van der Waals surface area (Å²) in [6.45, 7) is 3.11. The van der Waals surface area contributed by atoms with Crippen LogP contribution in [-0.4, -0.2) is 54.4 Å². The SMILES string of the molecule is NNC(=O)C1CCC(CN2CCCC(CO)C2)O1. The molecule has 2 saturated heterocycles. The van der Waals surface area contributed by atoms with Crippen LogP contribution in [0.5, 0.6) is 0 Å². The zero-order valence-electron chi connectivity index (χ0n) is 10.7. The summed E-state index contributed by atoms with van der Waals surface area (Å²) in [6, 6.07) is 0. The molecule has 0 aromatic carbocycles. The molecule has 3 unspecified atom stereocenters. The predicted octanol–water partition coefficient (Wildman–Crippen LogP) is -0.772. The molecule has 2 rings (SSSR count). The minimum Gasteiger partial charge on any atom is -0.396 e. The Morgan fingerprint density at radius 1 is 1.44 bits per heavy atom. The molecule has 6 heteroatoms. The number of aliphatic hydroxyl groups excluding tert-OH is 1. The molecular formula is C12H23N3O3. The maximum Gasteiger partial charge on any atom is 0.263 e. The van der Waals surface area contributed by atoms with Gasteiger partial charge in [0.2, 0.25) is 0 Å². The Labute approximate surface area is 107 Å². The number of hydrogen-bond donors (Lipinski definition) is 3. The monoisotopic (exact) mass is 257 g/mol.